The molecule has 1 unspecified atom stereocenters. The standard InChI is InChI=1S/C16H22F2N4O/c1-19-14-10-20-9-12(21-14)13-3-2-8-22(13)15(23)11-4-6-16(17,18)7-5-11/h9-11,13H,2-8H2,1H3,(H,19,21). The highest BCUT2D eigenvalue weighted by Gasteiger charge is 2.41. The van der Waals surface area contributed by atoms with Crippen LogP contribution < -0.4 is 5.32 Å². The fourth-order valence-electron chi connectivity index (χ4n) is 3.52. The third-order valence-electron chi connectivity index (χ3n) is 4.85. The highest BCUT2D eigenvalue weighted by molar-refractivity contribution is 5.79. The van der Waals surface area contributed by atoms with E-state index in [9.17, 15) is 13.6 Å². The Morgan fingerprint density at radius 2 is 2.04 bits per heavy atom. The molecule has 1 aromatic heterocycles. The molecule has 126 valence electrons. The summed E-state index contributed by atoms with van der Waals surface area (Å²) in [5.74, 6) is -2.22. The lowest BCUT2D eigenvalue weighted by Gasteiger charge is -2.32. The second-order valence-corrected chi connectivity index (χ2v) is 6.40. The number of alkyl halides is 2. The van der Waals surface area contributed by atoms with Gasteiger partial charge in [0.2, 0.25) is 11.8 Å². The predicted molar refractivity (Wildman–Crippen MR) is 82.2 cm³/mol. The summed E-state index contributed by atoms with van der Waals surface area (Å²) < 4.78 is 26.6. The van der Waals surface area contributed by atoms with Gasteiger partial charge in [-0.15, -0.1) is 0 Å². The van der Waals surface area contributed by atoms with Crippen molar-refractivity contribution in [1.82, 2.24) is 14.9 Å². The minimum Gasteiger partial charge on any atom is -0.372 e. The maximum Gasteiger partial charge on any atom is 0.248 e. The number of hydrogen-bond donors (Lipinski definition) is 1. The van der Waals surface area contributed by atoms with E-state index in [4.69, 9.17) is 0 Å². The maximum atomic E-state index is 13.3. The summed E-state index contributed by atoms with van der Waals surface area (Å²) >= 11 is 0. The monoisotopic (exact) mass is 324 g/mol. The van der Waals surface area contributed by atoms with E-state index in [1.165, 1.54) is 0 Å². The molecule has 1 aliphatic carbocycles. The van der Waals surface area contributed by atoms with Gasteiger partial charge < -0.3 is 10.2 Å². The smallest absolute Gasteiger partial charge is 0.248 e. The summed E-state index contributed by atoms with van der Waals surface area (Å²) in [5.41, 5.74) is 0.767. The molecule has 1 saturated carbocycles. The number of aromatic nitrogens is 2. The molecule has 0 radical (unpaired) electrons. The zero-order valence-electron chi connectivity index (χ0n) is 13.3. The molecule has 1 amide bonds. The molecule has 1 saturated heterocycles. The lowest BCUT2D eigenvalue weighted by atomic mass is 9.85. The minimum absolute atomic E-state index is 0.000314. The Morgan fingerprint density at radius 3 is 2.74 bits per heavy atom. The van der Waals surface area contributed by atoms with Gasteiger partial charge in [0, 0.05) is 32.4 Å². The van der Waals surface area contributed by atoms with Crippen LogP contribution in [0.15, 0.2) is 12.4 Å². The number of hydrogen-bond acceptors (Lipinski definition) is 4. The molecule has 5 nitrogen and oxygen atoms in total. The van der Waals surface area contributed by atoms with Crippen LogP contribution in [0.1, 0.15) is 50.3 Å². The number of amides is 1. The number of nitrogens with zero attached hydrogens (tertiary/aromatic N) is 3. The Balaban J connectivity index is 1.72. The van der Waals surface area contributed by atoms with Crippen molar-refractivity contribution < 1.29 is 13.6 Å². The lowest BCUT2D eigenvalue weighted by molar-refractivity contribution is -0.140. The first-order valence-corrected chi connectivity index (χ1v) is 8.18. The zero-order valence-corrected chi connectivity index (χ0v) is 13.3. The van der Waals surface area contributed by atoms with E-state index in [0.29, 0.717) is 12.4 Å². The Hall–Kier alpha value is -1.79. The van der Waals surface area contributed by atoms with Gasteiger partial charge in [0.1, 0.15) is 5.82 Å². The predicted octanol–water partition coefficient (Wildman–Crippen LogP) is 3.01. The number of carbonyl (C=O) groups is 1. The topological polar surface area (TPSA) is 58.1 Å². The van der Waals surface area contributed by atoms with E-state index in [1.807, 2.05) is 4.90 Å². The highest BCUT2D eigenvalue weighted by Crippen LogP contribution is 2.39. The first-order valence-electron chi connectivity index (χ1n) is 8.18. The normalized spacial score (nSPS) is 24.7. The zero-order chi connectivity index (χ0) is 16.4. The SMILES string of the molecule is CNc1cncc(C2CCCN2C(=O)C2CCC(F)(F)CC2)n1. The number of nitrogens with one attached hydrogen (secondary N) is 1. The molecule has 3 rings (SSSR count). The van der Waals surface area contributed by atoms with Gasteiger partial charge in [0.15, 0.2) is 0 Å². The third kappa shape index (κ3) is 3.43. The van der Waals surface area contributed by atoms with Gasteiger partial charge in [0.25, 0.3) is 0 Å². The first-order chi connectivity index (χ1) is 11.0. The van der Waals surface area contributed by atoms with E-state index in [2.05, 4.69) is 15.3 Å². The van der Waals surface area contributed by atoms with Gasteiger partial charge in [-0.2, -0.15) is 0 Å². The van der Waals surface area contributed by atoms with Crippen LogP contribution in [0.25, 0.3) is 0 Å². The molecule has 7 heteroatoms. The van der Waals surface area contributed by atoms with Crippen LogP contribution in [0.2, 0.25) is 0 Å². The van der Waals surface area contributed by atoms with Crippen LogP contribution in [0.5, 0.6) is 0 Å². The average molecular weight is 324 g/mol. The van der Waals surface area contributed by atoms with Crippen LogP contribution in [0.4, 0.5) is 14.6 Å². The fraction of sp³-hybridized carbons (Fsp3) is 0.688. The molecular weight excluding hydrogens is 302 g/mol. The van der Waals surface area contributed by atoms with Crippen LogP contribution >= 0.6 is 0 Å². The number of anilines is 1. The first kappa shape index (κ1) is 16.1. The van der Waals surface area contributed by atoms with Gasteiger partial charge in [0.05, 0.1) is 24.1 Å². The van der Waals surface area contributed by atoms with Crippen molar-refractivity contribution in [3.63, 3.8) is 0 Å². The summed E-state index contributed by atoms with van der Waals surface area (Å²) in [6.45, 7) is 0.669. The number of likely N-dealkylation sites (tertiary alicyclic amines) is 1. The molecule has 23 heavy (non-hydrogen) atoms. The molecule has 1 N–H and O–H groups in total. The minimum atomic E-state index is -2.60. The lowest BCUT2D eigenvalue weighted by Crippen LogP contribution is -2.39. The summed E-state index contributed by atoms with van der Waals surface area (Å²) in [4.78, 5) is 23.2. The molecule has 0 spiro atoms. The second kappa shape index (κ2) is 6.37. The Morgan fingerprint density at radius 1 is 1.30 bits per heavy atom. The van der Waals surface area contributed by atoms with Crippen LogP contribution in [0.3, 0.4) is 0 Å². The number of halogens is 2. The molecule has 0 bridgehead atoms. The quantitative estimate of drug-likeness (QED) is 0.928. The van der Waals surface area contributed by atoms with Crippen LogP contribution in [-0.4, -0.2) is 40.3 Å². The summed E-state index contributed by atoms with van der Waals surface area (Å²) in [6.07, 6.45) is 5.25. The van der Waals surface area contributed by atoms with Gasteiger partial charge in [-0.25, -0.2) is 13.8 Å². The largest absolute Gasteiger partial charge is 0.372 e. The summed E-state index contributed by atoms with van der Waals surface area (Å²) in [7, 11) is 1.77. The van der Waals surface area contributed by atoms with Crippen molar-refractivity contribution in [3.05, 3.63) is 18.1 Å². The van der Waals surface area contributed by atoms with Gasteiger partial charge in [-0.05, 0) is 25.7 Å². The molecule has 2 aliphatic rings. The van der Waals surface area contributed by atoms with Gasteiger partial charge in [-0.1, -0.05) is 0 Å². The van der Waals surface area contributed by atoms with Crippen molar-refractivity contribution >= 4 is 11.7 Å². The molecule has 2 fully saturated rings. The van der Waals surface area contributed by atoms with E-state index < -0.39 is 5.92 Å². The molecule has 2 heterocycles. The fourth-order valence-corrected chi connectivity index (χ4v) is 3.52. The van der Waals surface area contributed by atoms with Gasteiger partial charge >= 0.3 is 0 Å². The Bertz CT molecular complexity index is 571. The average Bonchev–Trinajstić information content (AvgIpc) is 3.04. The van der Waals surface area contributed by atoms with Crippen molar-refractivity contribution in [2.75, 3.05) is 18.9 Å². The Kier molecular flexibility index (Phi) is 4.46. The number of carbonyl (C=O) groups excluding carboxylic acids is 1. The highest BCUT2D eigenvalue weighted by atomic mass is 19.3. The van der Waals surface area contributed by atoms with Crippen molar-refractivity contribution in [3.8, 4) is 0 Å². The third-order valence-corrected chi connectivity index (χ3v) is 4.85. The molecule has 1 aliphatic heterocycles. The van der Waals surface area contributed by atoms with Crippen molar-refractivity contribution in [1.29, 1.82) is 0 Å². The molecular formula is C16H22F2N4O. The summed E-state index contributed by atoms with van der Waals surface area (Å²) in [6, 6.07) is -0.0919. The van der Waals surface area contributed by atoms with Crippen molar-refractivity contribution in [2.45, 2.75) is 50.5 Å². The van der Waals surface area contributed by atoms with Crippen molar-refractivity contribution in [2.24, 2.45) is 5.92 Å². The van der Waals surface area contributed by atoms with E-state index in [0.717, 1.165) is 18.5 Å². The van der Waals surface area contributed by atoms with E-state index in [1.54, 1.807) is 19.4 Å². The molecule has 1 atom stereocenters. The van der Waals surface area contributed by atoms with Crippen LogP contribution in [-0.2, 0) is 4.79 Å². The molecule has 0 aromatic carbocycles. The summed E-state index contributed by atoms with van der Waals surface area (Å²) in [5, 5.41) is 2.95. The van der Waals surface area contributed by atoms with Crippen LogP contribution in [0, 0.1) is 5.92 Å². The number of rotatable bonds is 3. The van der Waals surface area contributed by atoms with E-state index >= 15 is 0 Å². The van der Waals surface area contributed by atoms with Gasteiger partial charge in [-0.3, -0.25) is 9.78 Å². The maximum absolute atomic E-state index is 13.3. The Labute approximate surface area is 134 Å². The van der Waals surface area contributed by atoms with E-state index in [-0.39, 0.29) is 43.6 Å². The second-order valence-electron chi connectivity index (χ2n) is 6.40. The molecule has 1 aromatic rings.